The van der Waals surface area contributed by atoms with E-state index in [1.54, 1.807) is 0 Å². The number of alkyl halides is 3. The van der Waals surface area contributed by atoms with Crippen molar-refractivity contribution in [2.45, 2.75) is 17.6 Å². The fourth-order valence-corrected chi connectivity index (χ4v) is 3.02. The van der Waals surface area contributed by atoms with Gasteiger partial charge in [0.05, 0.1) is 18.0 Å². The van der Waals surface area contributed by atoms with E-state index >= 15 is 0 Å². The van der Waals surface area contributed by atoms with Crippen LogP contribution in [0.25, 0.3) is 0 Å². The van der Waals surface area contributed by atoms with Gasteiger partial charge in [0.25, 0.3) is 0 Å². The smallest absolute Gasteiger partial charge is 0.416 e. The first kappa shape index (κ1) is 14.2. The van der Waals surface area contributed by atoms with Crippen molar-refractivity contribution in [3.05, 3.63) is 35.4 Å². The predicted octanol–water partition coefficient (Wildman–Crippen LogP) is 2.58. The molecule has 1 aliphatic heterocycles. The molecule has 1 heterocycles. The number of ether oxygens (including phenoxy) is 1. The molecular formula is C12H12F3NO2S. The largest absolute Gasteiger partial charge is 0.468 e. The summed E-state index contributed by atoms with van der Waals surface area (Å²) in [6.07, 6.45) is -4.33. The fraction of sp³-hybridized carbons (Fsp3) is 0.417. The molecule has 0 spiro atoms. The molecule has 1 aromatic carbocycles. The van der Waals surface area contributed by atoms with Crippen LogP contribution in [0.4, 0.5) is 13.2 Å². The molecule has 1 fully saturated rings. The van der Waals surface area contributed by atoms with Gasteiger partial charge in [-0.05, 0) is 17.7 Å². The van der Waals surface area contributed by atoms with Gasteiger partial charge in [0.15, 0.2) is 0 Å². The molecule has 0 aromatic heterocycles. The van der Waals surface area contributed by atoms with Gasteiger partial charge in [0, 0.05) is 5.75 Å². The quantitative estimate of drug-likeness (QED) is 0.850. The van der Waals surface area contributed by atoms with Crippen LogP contribution in [0.1, 0.15) is 16.5 Å². The van der Waals surface area contributed by atoms with Crippen LogP contribution in [0, 0.1) is 0 Å². The number of carbonyl (C=O) groups excluding carboxylic acids is 1. The Balaban J connectivity index is 2.06. The van der Waals surface area contributed by atoms with Crippen molar-refractivity contribution in [3.8, 4) is 0 Å². The summed E-state index contributed by atoms with van der Waals surface area (Å²) in [6, 6.07) is 4.52. The van der Waals surface area contributed by atoms with Crippen LogP contribution in [0.2, 0.25) is 0 Å². The highest BCUT2D eigenvalue weighted by molar-refractivity contribution is 7.99. The third-order valence-corrected chi connectivity index (χ3v) is 4.08. The van der Waals surface area contributed by atoms with E-state index in [4.69, 9.17) is 0 Å². The molecule has 0 saturated carbocycles. The van der Waals surface area contributed by atoms with Crippen molar-refractivity contribution in [2.75, 3.05) is 12.9 Å². The number of benzene rings is 1. The number of hydrogen-bond donors (Lipinski definition) is 1. The zero-order chi connectivity index (χ0) is 14.0. The Hall–Kier alpha value is -1.21. The van der Waals surface area contributed by atoms with Crippen molar-refractivity contribution in [1.29, 1.82) is 0 Å². The lowest BCUT2D eigenvalue weighted by molar-refractivity contribution is -0.142. The highest BCUT2D eigenvalue weighted by Crippen LogP contribution is 2.35. The first-order valence-corrected chi connectivity index (χ1v) is 6.59. The number of halogens is 3. The summed E-state index contributed by atoms with van der Waals surface area (Å²) in [6.45, 7) is 0. The third kappa shape index (κ3) is 3.22. The second-order valence-electron chi connectivity index (χ2n) is 4.08. The Kier molecular flexibility index (Phi) is 4.05. The van der Waals surface area contributed by atoms with Gasteiger partial charge in [-0.15, -0.1) is 11.8 Å². The number of methoxy groups -OCH3 is 1. The molecule has 1 saturated heterocycles. The molecular weight excluding hydrogens is 279 g/mol. The summed E-state index contributed by atoms with van der Waals surface area (Å²) in [5.41, 5.74) is 0.0353. The monoisotopic (exact) mass is 291 g/mol. The number of rotatable bonds is 2. The van der Waals surface area contributed by atoms with Crippen molar-refractivity contribution in [3.63, 3.8) is 0 Å². The standard InChI is InChI=1S/C12H12F3NO2S/c1-18-11(17)9-6-19-10(16-9)7-2-4-8(5-3-7)12(13,14)15/h2-5,9-10,16H,6H2,1H3. The maximum absolute atomic E-state index is 12.4. The van der Waals surface area contributed by atoms with Crippen LogP contribution in [0.5, 0.6) is 0 Å². The summed E-state index contributed by atoms with van der Waals surface area (Å²) < 4.78 is 41.9. The predicted molar refractivity (Wildman–Crippen MR) is 65.6 cm³/mol. The maximum atomic E-state index is 12.4. The zero-order valence-corrected chi connectivity index (χ0v) is 10.8. The minimum atomic E-state index is -4.33. The molecule has 0 aliphatic carbocycles. The van der Waals surface area contributed by atoms with Gasteiger partial charge in [-0.3, -0.25) is 10.1 Å². The van der Waals surface area contributed by atoms with Gasteiger partial charge in [0.1, 0.15) is 6.04 Å². The Morgan fingerprint density at radius 1 is 1.37 bits per heavy atom. The summed E-state index contributed by atoms with van der Waals surface area (Å²) in [5, 5.41) is 2.83. The summed E-state index contributed by atoms with van der Waals surface area (Å²) in [5.74, 6) is 0.181. The van der Waals surface area contributed by atoms with Crippen molar-refractivity contribution < 1.29 is 22.7 Å². The lowest BCUT2D eigenvalue weighted by Gasteiger charge is -2.13. The Bertz CT molecular complexity index is 461. The topological polar surface area (TPSA) is 38.3 Å². The number of thioether (sulfide) groups is 1. The molecule has 2 unspecified atom stereocenters. The lowest BCUT2D eigenvalue weighted by Crippen LogP contribution is -2.34. The fourth-order valence-electron chi connectivity index (χ4n) is 1.79. The van der Waals surface area contributed by atoms with Crippen LogP contribution < -0.4 is 5.32 Å². The summed E-state index contributed by atoms with van der Waals surface area (Å²) >= 11 is 1.47. The highest BCUT2D eigenvalue weighted by Gasteiger charge is 2.33. The molecule has 0 bridgehead atoms. The Labute approximate surface area is 112 Å². The number of carbonyl (C=O) groups is 1. The van der Waals surface area contributed by atoms with E-state index < -0.39 is 17.8 Å². The summed E-state index contributed by atoms with van der Waals surface area (Å²) in [7, 11) is 1.31. The number of esters is 1. The molecule has 0 amide bonds. The minimum absolute atomic E-state index is 0.189. The molecule has 1 N–H and O–H groups in total. The third-order valence-electron chi connectivity index (χ3n) is 2.81. The molecule has 1 aliphatic rings. The average Bonchev–Trinajstić information content (AvgIpc) is 2.86. The van der Waals surface area contributed by atoms with Crippen LogP contribution in [0.3, 0.4) is 0 Å². The zero-order valence-electron chi connectivity index (χ0n) is 10.0. The molecule has 3 nitrogen and oxygen atoms in total. The van der Waals surface area contributed by atoms with Gasteiger partial charge in [-0.1, -0.05) is 12.1 Å². The molecule has 19 heavy (non-hydrogen) atoms. The average molecular weight is 291 g/mol. The molecule has 2 rings (SSSR count). The molecule has 7 heteroatoms. The number of hydrogen-bond acceptors (Lipinski definition) is 4. The van der Waals surface area contributed by atoms with Gasteiger partial charge in [-0.25, -0.2) is 0 Å². The first-order chi connectivity index (χ1) is 8.91. The first-order valence-electron chi connectivity index (χ1n) is 5.54. The highest BCUT2D eigenvalue weighted by atomic mass is 32.2. The van der Waals surface area contributed by atoms with E-state index in [-0.39, 0.29) is 11.3 Å². The summed E-state index contributed by atoms with van der Waals surface area (Å²) in [4.78, 5) is 11.3. The van der Waals surface area contributed by atoms with Gasteiger partial charge in [-0.2, -0.15) is 13.2 Å². The SMILES string of the molecule is COC(=O)C1CSC(c2ccc(C(F)(F)F)cc2)N1. The van der Waals surface area contributed by atoms with Crippen LogP contribution >= 0.6 is 11.8 Å². The van der Waals surface area contributed by atoms with E-state index in [1.165, 1.54) is 31.0 Å². The van der Waals surface area contributed by atoms with Gasteiger partial charge < -0.3 is 4.74 Å². The Morgan fingerprint density at radius 2 is 2.00 bits per heavy atom. The number of nitrogens with one attached hydrogen (secondary N) is 1. The molecule has 2 atom stereocenters. The van der Waals surface area contributed by atoms with E-state index in [0.29, 0.717) is 11.3 Å². The van der Waals surface area contributed by atoms with Gasteiger partial charge >= 0.3 is 12.1 Å². The van der Waals surface area contributed by atoms with E-state index in [0.717, 1.165) is 12.1 Å². The lowest BCUT2D eigenvalue weighted by atomic mass is 10.1. The van der Waals surface area contributed by atoms with Crippen LogP contribution in [0.15, 0.2) is 24.3 Å². The van der Waals surface area contributed by atoms with E-state index in [2.05, 4.69) is 10.1 Å². The van der Waals surface area contributed by atoms with Crippen molar-refractivity contribution in [2.24, 2.45) is 0 Å². The Morgan fingerprint density at radius 3 is 2.53 bits per heavy atom. The normalized spacial score (nSPS) is 23.4. The molecule has 104 valence electrons. The molecule has 0 radical (unpaired) electrons. The van der Waals surface area contributed by atoms with Gasteiger partial charge in [0.2, 0.25) is 0 Å². The maximum Gasteiger partial charge on any atom is 0.416 e. The molecule has 1 aromatic rings. The second kappa shape index (κ2) is 5.42. The van der Waals surface area contributed by atoms with Crippen LogP contribution in [-0.4, -0.2) is 24.9 Å². The second-order valence-corrected chi connectivity index (χ2v) is 5.21. The van der Waals surface area contributed by atoms with Crippen molar-refractivity contribution in [1.82, 2.24) is 5.32 Å². The van der Waals surface area contributed by atoms with Crippen molar-refractivity contribution >= 4 is 17.7 Å². The minimum Gasteiger partial charge on any atom is -0.468 e. The van der Waals surface area contributed by atoms with E-state index in [9.17, 15) is 18.0 Å². The van der Waals surface area contributed by atoms with Crippen LogP contribution in [-0.2, 0) is 15.7 Å². The van der Waals surface area contributed by atoms with E-state index in [1.807, 2.05) is 0 Å².